The molecule has 112 valence electrons. The number of H-pyrrole nitrogens is 1. The van der Waals surface area contributed by atoms with E-state index in [2.05, 4.69) is 15.0 Å². The Labute approximate surface area is 129 Å². The van der Waals surface area contributed by atoms with Crippen LogP contribution in [-0.2, 0) is 28.1 Å². The van der Waals surface area contributed by atoms with Gasteiger partial charge < -0.3 is 14.6 Å². The van der Waals surface area contributed by atoms with Gasteiger partial charge in [0.2, 0.25) is 5.03 Å². The monoisotopic (exact) mass is 315 g/mol. The Balaban J connectivity index is 1.81. The fraction of sp³-hybridized carbons (Fsp3) is 0.133. The molecular formula is C15H13N3O3S. The summed E-state index contributed by atoms with van der Waals surface area (Å²) in [6, 6.07) is 10.5. The topological polar surface area (TPSA) is 102 Å². The molecule has 2 aromatic heterocycles. The van der Waals surface area contributed by atoms with E-state index >= 15 is 0 Å². The largest absolute Gasteiger partial charge is 0.610 e. The van der Waals surface area contributed by atoms with E-state index in [0.717, 1.165) is 5.52 Å². The number of rotatable bonds is 5. The van der Waals surface area contributed by atoms with Crippen LogP contribution in [0.1, 0.15) is 11.4 Å². The van der Waals surface area contributed by atoms with E-state index in [1.54, 1.807) is 42.6 Å². The van der Waals surface area contributed by atoms with Gasteiger partial charge in [-0.2, -0.15) is 0 Å². The van der Waals surface area contributed by atoms with Crippen molar-refractivity contribution in [1.82, 2.24) is 15.0 Å². The van der Waals surface area contributed by atoms with E-state index < -0.39 is 17.1 Å². The average Bonchev–Trinajstić information content (AvgIpc) is 2.89. The number of fused-ring (bicyclic) bond motifs is 1. The number of aliphatic carboxylic acids is 1. The van der Waals surface area contributed by atoms with E-state index in [1.807, 2.05) is 0 Å². The van der Waals surface area contributed by atoms with Crippen LogP contribution in [0.5, 0.6) is 0 Å². The number of aromatic nitrogens is 3. The SMILES string of the molecule is O=C(O)Cc1ccc2[nH]c(C[S+]([O-])c3ccccn3)nc2c1. The van der Waals surface area contributed by atoms with E-state index in [1.165, 1.54) is 0 Å². The van der Waals surface area contributed by atoms with Crippen molar-refractivity contribution in [3.63, 3.8) is 0 Å². The molecule has 0 aliphatic heterocycles. The molecule has 1 atom stereocenters. The molecule has 7 heteroatoms. The first kappa shape index (κ1) is 14.6. The molecule has 0 spiro atoms. The van der Waals surface area contributed by atoms with E-state index in [4.69, 9.17) is 5.11 Å². The molecular weight excluding hydrogens is 302 g/mol. The van der Waals surface area contributed by atoms with Crippen molar-refractivity contribution in [1.29, 1.82) is 0 Å². The molecule has 1 aromatic carbocycles. The summed E-state index contributed by atoms with van der Waals surface area (Å²) in [5.41, 5.74) is 2.15. The van der Waals surface area contributed by atoms with Gasteiger partial charge in [-0.3, -0.25) is 4.79 Å². The van der Waals surface area contributed by atoms with Crippen molar-refractivity contribution >= 4 is 28.2 Å². The summed E-state index contributed by atoms with van der Waals surface area (Å²) in [5, 5.41) is 9.32. The van der Waals surface area contributed by atoms with Crippen molar-refractivity contribution in [3.05, 3.63) is 54.0 Å². The molecule has 0 amide bonds. The first-order chi connectivity index (χ1) is 10.6. The summed E-state index contributed by atoms with van der Waals surface area (Å²) in [6.07, 6.45) is 1.56. The van der Waals surface area contributed by atoms with Crippen LogP contribution in [0.3, 0.4) is 0 Å². The van der Waals surface area contributed by atoms with E-state index in [9.17, 15) is 9.35 Å². The summed E-state index contributed by atoms with van der Waals surface area (Å²) in [6.45, 7) is 0. The molecule has 3 rings (SSSR count). The number of carboxylic acid groups (broad SMARTS) is 1. The highest BCUT2D eigenvalue weighted by Crippen LogP contribution is 2.18. The standard InChI is InChI=1S/C15H13N3O3S/c19-15(20)8-10-4-5-11-12(7-10)18-13(17-11)9-22(21)14-3-1-2-6-16-14/h1-7H,8-9H2,(H,17,18)(H,19,20). The van der Waals surface area contributed by atoms with Gasteiger partial charge in [0.05, 0.1) is 17.5 Å². The molecule has 22 heavy (non-hydrogen) atoms. The van der Waals surface area contributed by atoms with Crippen LogP contribution in [0.4, 0.5) is 0 Å². The summed E-state index contributed by atoms with van der Waals surface area (Å²) >= 11 is -1.27. The molecule has 2 heterocycles. The van der Waals surface area contributed by atoms with Crippen LogP contribution in [-0.4, -0.2) is 30.6 Å². The maximum absolute atomic E-state index is 12.2. The maximum atomic E-state index is 12.2. The van der Waals surface area contributed by atoms with Gasteiger partial charge in [0.1, 0.15) is 0 Å². The van der Waals surface area contributed by atoms with Crippen molar-refractivity contribution in [2.75, 3.05) is 0 Å². The number of carboxylic acids is 1. The summed E-state index contributed by atoms with van der Waals surface area (Å²) < 4.78 is 12.2. The molecule has 0 fully saturated rings. The Morgan fingerprint density at radius 1 is 1.32 bits per heavy atom. The Morgan fingerprint density at radius 2 is 2.18 bits per heavy atom. The van der Waals surface area contributed by atoms with Crippen LogP contribution >= 0.6 is 0 Å². The Morgan fingerprint density at radius 3 is 2.91 bits per heavy atom. The number of nitrogens with one attached hydrogen (secondary N) is 1. The van der Waals surface area contributed by atoms with Crippen LogP contribution in [0.15, 0.2) is 47.6 Å². The summed E-state index contributed by atoms with van der Waals surface area (Å²) in [4.78, 5) is 22.3. The predicted molar refractivity (Wildman–Crippen MR) is 81.8 cm³/mol. The number of pyridine rings is 1. The van der Waals surface area contributed by atoms with Crippen molar-refractivity contribution in [2.45, 2.75) is 17.2 Å². The molecule has 0 radical (unpaired) electrons. The number of hydrogen-bond donors (Lipinski definition) is 2. The van der Waals surface area contributed by atoms with Crippen LogP contribution in [0.25, 0.3) is 11.0 Å². The minimum absolute atomic E-state index is 0.0437. The van der Waals surface area contributed by atoms with Gasteiger partial charge in [-0.15, -0.1) is 0 Å². The first-order valence-electron chi connectivity index (χ1n) is 6.60. The van der Waals surface area contributed by atoms with Gasteiger partial charge in [0, 0.05) is 23.4 Å². The molecule has 0 bridgehead atoms. The Hall–Kier alpha value is -2.38. The maximum Gasteiger partial charge on any atom is 0.307 e. The number of nitrogens with zero attached hydrogens (tertiary/aromatic N) is 2. The number of benzene rings is 1. The molecule has 2 N–H and O–H groups in total. The second kappa shape index (κ2) is 6.17. The minimum atomic E-state index is -1.27. The molecule has 0 saturated carbocycles. The Kier molecular flexibility index (Phi) is 4.08. The zero-order chi connectivity index (χ0) is 15.5. The zero-order valence-electron chi connectivity index (χ0n) is 11.5. The summed E-state index contributed by atoms with van der Waals surface area (Å²) in [5.74, 6) is -0.0576. The smallest absolute Gasteiger partial charge is 0.307 e. The summed E-state index contributed by atoms with van der Waals surface area (Å²) in [7, 11) is 0. The third-order valence-corrected chi connectivity index (χ3v) is 4.33. The fourth-order valence-electron chi connectivity index (χ4n) is 2.14. The second-order valence-electron chi connectivity index (χ2n) is 4.76. The number of imidazole rings is 1. The molecule has 0 aliphatic carbocycles. The van der Waals surface area contributed by atoms with Crippen LogP contribution < -0.4 is 0 Å². The van der Waals surface area contributed by atoms with Gasteiger partial charge in [-0.05, 0) is 23.8 Å². The van der Waals surface area contributed by atoms with Crippen molar-refractivity contribution in [2.24, 2.45) is 0 Å². The molecule has 3 aromatic rings. The normalized spacial score (nSPS) is 12.4. The van der Waals surface area contributed by atoms with Gasteiger partial charge in [0.25, 0.3) is 0 Å². The highest BCUT2D eigenvalue weighted by Gasteiger charge is 2.16. The third-order valence-electron chi connectivity index (χ3n) is 3.09. The van der Waals surface area contributed by atoms with E-state index in [-0.39, 0.29) is 12.2 Å². The van der Waals surface area contributed by atoms with Gasteiger partial charge >= 0.3 is 5.97 Å². The first-order valence-corrected chi connectivity index (χ1v) is 7.92. The number of hydrogen-bond acceptors (Lipinski definition) is 4. The van der Waals surface area contributed by atoms with Gasteiger partial charge in [0.15, 0.2) is 11.6 Å². The number of aromatic amines is 1. The highest BCUT2D eigenvalue weighted by molar-refractivity contribution is 7.90. The Bertz CT molecular complexity index is 804. The third kappa shape index (κ3) is 3.26. The quantitative estimate of drug-likeness (QED) is 0.700. The highest BCUT2D eigenvalue weighted by atomic mass is 32.2. The zero-order valence-corrected chi connectivity index (χ0v) is 12.3. The lowest BCUT2D eigenvalue weighted by Gasteiger charge is -2.06. The lowest BCUT2D eigenvalue weighted by Crippen LogP contribution is -2.07. The lowest BCUT2D eigenvalue weighted by atomic mass is 10.1. The van der Waals surface area contributed by atoms with Crippen LogP contribution in [0, 0.1) is 0 Å². The number of carbonyl (C=O) groups is 1. The van der Waals surface area contributed by atoms with Crippen molar-refractivity contribution in [3.8, 4) is 0 Å². The van der Waals surface area contributed by atoms with Gasteiger partial charge in [-0.25, -0.2) is 9.97 Å². The van der Waals surface area contributed by atoms with E-state index in [0.29, 0.717) is 21.9 Å². The van der Waals surface area contributed by atoms with Gasteiger partial charge in [-0.1, -0.05) is 12.1 Å². The predicted octanol–water partition coefficient (Wildman–Crippen LogP) is 1.89. The lowest BCUT2D eigenvalue weighted by molar-refractivity contribution is -0.136. The molecule has 6 nitrogen and oxygen atoms in total. The average molecular weight is 315 g/mol. The molecule has 0 aliphatic rings. The fourth-order valence-corrected chi connectivity index (χ4v) is 3.08. The molecule has 0 saturated heterocycles. The molecule has 1 unspecified atom stereocenters. The van der Waals surface area contributed by atoms with Crippen molar-refractivity contribution < 1.29 is 14.5 Å². The second-order valence-corrected chi connectivity index (χ2v) is 6.16. The minimum Gasteiger partial charge on any atom is -0.610 e. The van der Waals surface area contributed by atoms with Crippen LogP contribution in [0.2, 0.25) is 0 Å².